The minimum atomic E-state index is -3.71. The van der Waals surface area contributed by atoms with Gasteiger partial charge in [0, 0.05) is 5.69 Å². The Hall–Kier alpha value is -2.18. The van der Waals surface area contributed by atoms with E-state index in [1.165, 1.54) is 12.1 Å². The molecule has 2 aromatic carbocycles. The molecular formula is C19H24N2O3S. The van der Waals surface area contributed by atoms with Crippen LogP contribution in [0.3, 0.4) is 0 Å². The molecule has 0 saturated heterocycles. The molecule has 6 heteroatoms. The van der Waals surface area contributed by atoms with E-state index in [0.29, 0.717) is 0 Å². The summed E-state index contributed by atoms with van der Waals surface area (Å²) in [5.41, 5.74) is 3.83. The first-order valence-corrected chi connectivity index (χ1v) is 9.82. The third kappa shape index (κ3) is 4.90. The molecule has 1 amide bonds. The summed E-state index contributed by atoms with van der Waals surface area (Å²) in [6, 6.07) is 12.4. The van der Waals surface area contributed by atoms with Gasteiger partial charge in [0.25, 0.3) is 0 Å². The van der Waals surface area contributed by atoms with E-state index < -0.39 is 10.0 Å². The molecule has 0 saturated carbocycles. The molecule has 134 valence electrons. The van der Waals surface area contributed by atoms with Gasteiger partial charge in [0.2, 0.25) is 15.9 Å². The van der Waals surface area contributed by atoms with Gasteiger partial charge in [-0.25, -0.2) is 13.1 Å². The number of nitrogens with one attached hydrogen (secondary N) is 2. The number of anilines is 1. The quantitative estimate of drug-likeness (QED) is 0.797. The van der Waals surface area contributed by atoms with Crippen LogP contribution in [0.1, 0.15) is 30.5 Å². The van der Waals surface area contributed by atoms with Gasteiger partial charge in [-0.2, -0.15) is 0 Å². The van der Waals surface area contributed by atoms with Gasteiger partial charge < -0.3 is 5.32 Å². The van der Waals surface area contributed by atoms with Gasteiger partial charge in [0.05, 0.1) is 11.4 Å². The van der Waals surface area contributed by atoms with E-state index in [1.807, 2.05) is 39.0 Å². The summed E-state index contributed by atoms with van der Waals surface area (Å²) in [4.78, 5) is 12.4. The zero-order valence-corrected chi connectivity index (χ0v) is 15.6. The van der Waals surface area contributed by atoms with Gasteiger partial charge in [-0.05, 0) is 43.0 Å². The second-order valence-corrected chi connectivity index (χ2v) is 7.61. The van der Waals surface area contributed by atoms with E-state index in [9.17, 15) is 13.2 Å². The molecule has 0 fully saturated rings. The van der Waals surface area contributed by atoms with Gasteiger partial charge in [-0.3, -0.25) is 4.79 Å². The van der Waals surface area contributed by atoms with Crippen molar-refractivity contribution in [3.8, 4) is 0 Å². The zero-order chi connectivity index (χ0) is 18.4. The third-order valence-electron chi connectivity index (χ3n) is 4.02. The highest BCUT2D eigenvalue weighted by molar-refractivity contribution is 7.89. The largest absolute Gasteiger partial charge is 0.324 e. The smallest absolute Gasteiger partial charge is 0.241 e. The van der Waals surface area contributed by atoms with Gasteiger partial charge in [0.1, 0.15) is 0 Å². The Bertz CT molecular complexity index is 821. The Morgan fingerprint density at radius 3 is 2.04 bits per heavy atom. The van der Waals surface area contributed by atoms with E-state index >= 15 is 0 Å². The van der Waals surface area contributed by atoms with Crippen LogP contribution in [0.2, 0.25) is 0 Å². The molecule has 0 aromatic heterocycles. The second kappa shape index (κ2) is 8.27. The zero-order valence-electron chi connectivity index (χ0n) is 14.8. The lowest BCUT2D eigenvalue weighted by atomic mass is 10.0. The van der Waals surface area contributed by atoms with Crippen LogP contribution in [0.5, 0.6) is 0 Å². The maximum Gasteiger partial charge on any atom is 0.241 e. The summed E-state index contributed by atoms with van der Waals surface area (Å²) in [5.74, 6) is -0.383. The Morgan fingerprint density at radius 2 is 1.52 bits per heavy atom. The average molecular weight is 360 g/mol. The first kappa shape index (κ1) is 19.1. The summed E-state index contributed by atoms with van der Waals surface area (Å²) >= 11 is 0. The maximum absolute atomic E-state index is 12.3. The molecule has 0 bridgehead atoms. The van der Waals surface area contributed by atoms with Crippen LogP contribution < -0.4 is 10.0 Å². The van der Waals surface area contributed by atoms with Crippen molar-refractivity contribution in [2.24, 2.45) is 0 Å². The first-order valence-electron chi connectivity index (χ1n) is 8.34. The van der Waals surface area contributed by atoms with Gasteiger partial charge in [0.15, 0.2) is 0 Å². The van der Waals surface area contributed by atoms with Crippen LogP contribution in [0.4, 0.5) is 5.69 Å². The Balaban J connectivity index is 2.07. The first-order chi connectivity index (χ1) is 11.9. The van der Waals surface area contributed by atoms with E-state index in [-0.39, 0.29) is 17.3 Å². The summed E-state index contributed by atoms with van der Waals surface area (Å²) in [5, 5.41) is 2.85. The lowest BCUT2D eigenvalue weighted by Crippen LogP contribution is -2.33. The van der Waals surface area contributed by atoms with E-state index in [2.05, 4.69) is 10.0 Å². The van der Waals surface area contributed by atoms with Crippen molar-refractivity contribution < 1.29 is 13.2 Å². The van der Waals surface area contributed by atoms with E-state index in [0.717, 1.165) is 35.2 Å². The summed E-state index contributed by atoms with van der Waals surface area (Å²) in [7, 11) is -3.71. The molecule has 2 rings (SSSR count). The van der Waals surface area contributed by atoms with Crippen molar-refractivity contribution in [3.63, 3.8) is 0 Å². The standard InChI is InChI=1S/C19H24N2O3S/c1-4-15-7-6-8-16(5-2)19(15)21-18(22)13-20-25(23,24)17-11-9-14(3)10-12-17/h6-12,20H,4-5,13H2,1-3H3,(H,21,22). The Morgan fingerprint density at radius 1 is 0.960 bits per heavy atom. The van der Waals surface area contributed by atoms with Crippen molar-refractivity contribution in [2.45, 2.75) is 38.5 Å². The predicted molar refractivity (Wildman–Crippen MR) is 100 cm³/mol. The molecule has 0 aliphatic carbocycles. The topological polar surface area (TPSA) is 75.3 Å². The summed E-state index contributed by atoms with van der Waals surface area (Å²) in [6.07, 6.45) is 1.58. The minimum Gasteiger partial charge on any atom is -0.324 e. The highest BCUT2D eigenvalue weighted by atomic mass is 32.2. The number of sulfonamides is 1. The van der Waals surface area contributed by atoms with Crippen LogP contribution in [0, 0.1) is 6.92 Å². The van der Waals surface area contributed by atoms with Crippen LogP contribution in [0.15, 0.2) is 47.4 Å². The summed E-state index contributed by atoms with van der Waals surface area (Å²) in [6.45, 7) is 5.61. The number of benzene rings is 2. The van der Waals surface area contributed by atoms with Crippen LogP contribution in [-0.2, 0) is 27.7 Å². The second-order valence-electron chi connectivity index (χ2n) is 5.84. The minimum absolute atomic E-state index is 0.147. The number of para-hydroxylation sites is 1. The number of hydrogen-bond donors (Lipinski definition) is 2. The SMILES string of the molecule is CCc1cccc(CC)c1NC(=O)CNS(=O)(=O)c1ccc(C)cc1. The van der Waals surface area contributed by atoms with Crippen molar-refractivity contribution in [3.05, 3.63) is 59.2 Å². The fourth-order valence-electron chi connectivity index (χ4n) is 2.55. The number of aryl methyl sites for hydroxylation is 3. The molecular weight excluding hydrogens is 336 g/mol. The van der Waals surface area contributed by atoms with Crippen molar-refractivity contribution >= 4 is 21.6 Å². The molecule has 25 heavy (non-hydrogen) atoms. The third-order valence-corrected chi connectivity index (χ3v) is 5.43. The van der Waals surface area contributed by atoms with Crippen LogP contribution in [-0.4, -0.2) is 20.9 Å². The average Bonchev–Trinajstić information content (AvgIpc) is 2.60. The molecule has 2 aromatic rings. The van der Waals surface area contributed by atoms with Gasteiger partial charge in [-0.1, -0.05) is 49.7 Å². The molecule has 2 N–H and O–H groups in total. The molecule has 0 heterocycles. The fraction of sp³-hybridized carbons (Fsp3) is 0.316. The highest BCUT2D eigenvalue weighted by Gasteiger charge is 2.16. The van der Waals surface area contributed by atoms with E-state index in [1.54, 1.807) is 12.1 Å². The van der Waals surface area contributed by atoms with Crippen LogP contribution in [0.25, 0.3) is 0 Å². The predicted octanol–water partition coefficient (Wildman–Crippen LogP) is 3.04. The lowest BCUT2D eigenvalue weighted by molar-refractivity contribution is -0.115. The van der Waals surface area contributed by atoms with Crippen molar-refractivity contribution in [1.29, 1.82) is 0 Å². The fourth-order valence-corrected chi connectivity index (χ4v) is 3.53. The van der Waals surface area contributed by atoms with Crippen LogP contribution >= 0.6 is 0 Å². The Kier molecular flexibility index (Phi) is 6.33. The number of hydrogen-bond acceptors (Lipinski definition) is 3. The molecule has 5 nitrogen and oxygen atoms in total. The molecule has 0 unspecified atom stereocenters. The number of carbonyl (C=O) groups excluding carboxylic acids is 1. The molecule has 0 atom stereocenters. The lowest BCUT2D eigenvalue weighted by Gasteiger charge is -2.14. The monoisotopic (exact) mass is 360 g/mol. The van der Waals surface area contributed by atoms with E-state index in [4.69, 9.17) is 0 Å². The van der Waals surface area contributed by atoms with Crippen molar-refractivity contribution in [1.82, 2.24) is 4.72 Å². The van der Waals surface area contributed by atoms with Gasteiger partial charge in [-0.15, -0.1) is 0 Å². The maximum atomic E-state index is 12.3. The molecule has 0 spiro atoms. The highest BCUT2D eigenvalue weighted by Crippen LogP contribution is 2.22. The molecule has 0 radical (unpaired) electrons. The van der Waals surface area contributed by atoms with Gasteiger partial charge >= 0.3 is 0 Å². The molecule has 0 aliphatic rings. The van der Waals surface area contributed by atoms with Crippen molar-refractivity contribution in [2.75, 3.05) is 11.9 Å². The Labute approximate surface area is 149 Å². The normalized spacial score (nSPS) is 11.3. The number of rotatable bonds is 7. The number of carbonyl (C=O) groups is 1. The summed E-state index contributed by atoms with van der Waals surface area (Å²) < 4.78 is 26.9. The number of amides is 1. The molecule has 0 aliphatic heterocycles.